The second-order valence-electron chi connectivity index (χ2n) is 6.66. The van der Waals surface area contributed by atoms with Crippen LogP contribution in [0.15, 0.2) is 36.1 Å². The standard InChI is InChI=1S/C19H21ClN6OS/c20-12-1-2-14(13(21)9-12)23-10-16-19-15(24-11-25-19)5-7-26(16)18(27)4-3-17-22-6-8-28-17/h1-2,6,8-9,11,16,23H,3-5,7,10,21H2,(H,24,25). The third kappa shape index (κ3) is 3.98. The molecule has 0 saturated heterocycles. The number of hydrogen-bond donors (Lipinski definition) is 3. The smallest absolute Gasteiger partial charge is 0.223 e. The number of benzene rings is 1. The van der Waals surface area contributed by atoms with Crippen molar-refractivity contribution in [2.24, 2.45) is 0 Å². The van der Waals surface area contributed by atoms with Gasteiger partial charge in [0, 0.05) is 54.6 Å². The third-order valence-corrected chi connectivity index (χ3v) is 5.98. The number of halogens is 1. The van der Waals surface area contributed by atoms with Gasteiger partial charge in [-0.3, -0.25) is 4.79 Å². The predicted molar refractivity (Wildman–Crippen MR) is 112 cm³/mol. The number of carbonyl (C=O) groups excluding carboxylic acids is 1. The van der Waals surface area contributed by atoms with Crippen LogP contribution in [0.3, 0.4) is 0 Å². The summed E-state index contributed by atoms with van der Waals surface area (Å²) in [7, 11) is 0. The number of imidazole rings is 1. The summed E-state index contributed by atoms with van der Waals surface area (Å²) in [6.07, 6.45) is 5.33. The fourth-order valence-corrected chi connectivity index (χ4v) is 4.30. The zero-order chi connectivity index (χ0) is 19.5. The number of rotatable bonds is 6. The predicted octanol–water partition coefficient (Wildman–Crippen LogP) is 3.27. The van der Waals surface area contributed by atoms with Crippen molar-refractivity contribution in [3.63, 3.8) is 0 Å². The molecule has 3 heterocycles. The van der Waals surface area contributed by atoms with Gasteiger partial charge in [-0.2, -0.15) is 0 Å². The van der Waals surface area contributed by atoms with Gasteiger partial charge in [0.15, 0.2) is 0 Å². The van der Waals surface area contributed by atoms with Crippen molar-refractivity contribution in [2.45, 2.75) is 25.3 Å². The summed E-state index contributed by atoms with van der Waals surface area (Å²) >= 11 is 7.56. The van der Waals surface area contributed by atoms with Crippen LogP contribution in [0.4, 0.5) is 11.4 Å². The highest BCUT2D eigenvalue weighted by Gasteiger charge is 2.32. The molecule has 2 aromatic heterocycles. The maximum absolute atomic E-state index is 13.0. The molecule has 1 aliphatic heterocycles. The number of nitrogens with two attached hydrogens (primary N) is 1. The molecule has 0 fully saturated rings. The number of aromatic nitrogens is 3. The van der Waals surface area contributed by atoms with Crippen LogP contribution in [0.1, 0.15) is 28.9 Å². The lowest BCUT2D eigenvalue weighted by atomic mass is 10.0. The average Bonchev–Trinajstić information content (AvgIpc) is 3.37. The Kier molecular flexibility index (Phi) is 5.50. The van der Waals surface area contributed by atoms with Gasteiger partial charge in [0.2, 0.25) is 5.91 Å². The average molecular weight is 417 g/mol. The molecule has 1 aliphatic rings. The number of H-pyrrole nitrogens is 1. The first-order chi connectivity index (χ1) is 13.6. The number of hydrogen-bond acceptors (Lipinski definition) is 6. The minimum atomic E-state index is -0.158. The van der Waals surface area contributed by atoms with Gasteiger partial charge in [0.05, 0.1) is 34.4 Å². The van der Waals surface area contributed by atoms with Crippen molar-refractivity contribution in [1.82, 2.24) is 19.9 Å². The number of aryl methyl sites for hydroxylation is 1. The summed E-state index contributed by atoms with van der Waals surface area (Å²) in [5, 5.41) is 6.86. The second kappa shape index (κ2) is 8.20. The molecule has 1 amide bonds. The highest BCUT2D eigenvalue weighted by atomic mass is 35.5. The molecule has 1 aromatic carbocycles. The number of nitrogens with zero attached hydrogens (tertiary/aromatic N) is 3. The Morgan fingerprint density at radius 3 is 3.11 bits per heavy atom. The van der Waals surface area contributed by atoms with E-state index in [0.717, 1.165) is 28.5 Å². The van der Waals surface area contributed by atoms with E-state index in [1.807, 2.05) is 16.3 Å². The largest absolute Gasteiger partial charge is 0.397 e. The van der Waals surface area contributed by atoms with Crippen LogP contribution in [0, 0.1) is 0 Å². The Labute approximate surface area is 171 Å². The fraction of sp³-hybridized carbons (Fsp3) is 0.316. The SMILES string of the molecule is Nc1cc(Cl)ccc1NCC1c2nc[nH]c2CCN1C(=O)CCc1nccs1. The molecule has 4 rings (SSSR count). The summed E-state index contributed by atoms with van der Waals surface area (Å²) in [4.78, 5) is 26.8. The summed E-state index contributed by atoms with van der Waals surface area (Å²) < 4.78 is 0. The number of fused-ring (bicyclic) bond motifs is 1. The van der Waals surface area contributed by atoms with Crippen molar-refractivity contribution in [2.75, 3.05) is 24.1 Å². The van der Waals surface area contributed by atoms with Crippen molar-refractivity contribution in [3.8, 4) is 0 Å². The molecular formula is C19H21ClN6OS. The number of amides is 1. The lowest BCUT2D eigenvalue weighted by Crippen LogP contribution is -2.43. The van der Waals surface area contributed by atoms with Crippen molar-refractivity contribution >= 4 is 40.2 Å². The van der Waals surface area contributed by atoms with E-state index in [1.54, 1.807) is 36.0 Å². The number of thiazole rings is 1. The third-order valence-electron chi connectivity index (χ3n) is 4.90. The normalized spacial score (nSPS) is 16.0. The summed E-state index contributed by atoms with van der Waals surface area (Å²) in [5.41, 5.74) is 9.42. The van der Waals surface area contributed by atoms with Crippen molar-refractivity contribution in [1.29, 1.82) is 0 Å². The van der Waals surface area contributed by atoms with Crippen molar-refractivity contribution < 1.29 is 4.79 Å². The number of aromatic amines is 1. The van der Waals surface area contributed by atoms with E-state index in [2.05, 4.69) is 20.3 Å². The van der Waals surface area contributed by atoms with Crippen molar-refractivity contribution in [3.05, 3.63) is 57.5 Å². The van der Waals surface area contributed by atoms with E-state index in [4.69, 9.17) is 17.3 Å². The Hall–Kier alpha value is -2.58. The molecular weight excluding hydrogens is 396 g/mol. The molecule has 0 radical (unpaired) electrons. The van der Waals surface area contributed by atoms with Gasteiger partial charge in [-0.15, -0.1) is 11.3 Å². The lowest BCUT2D eigenvalue weighted by Gasteiger charge is -2.35. The van der Waals surface area contributed by atoms with E-state index in [0.29, 0.717) is 36.6 Å². The van der Waals surface area contributed by atoms with E-state index in [9.17, 15) is 4.79 Å². The molecule has 0 bridgehead atoms. The van der Waals surface area contributed by atoms with Crippen LogP contribution in [-0.2, 0) is 17.6 Å². The summed E-state index contributed by atoms with van der Waals surface area (Å²) in [6, 6.07) is 5.19. The van der Waals surface area contributed by atoms with Crippen LogP contribution in [-0.4, -0.2) is 38.8 Å². The Bertz CT molecular complexity index is 957. The molecule has 4 N–H and O–H groups in total. The molecule has 146 valence electrons. The highest BCUT2D eigenvalue weighted by molar-refractivity contribution is 7.09. The van der Waals surface area contributed by atoms with E-state index < -0.39 is 0 Å². The van der Waals surface area contributed by atoms with Crippen LogP contribution in [0.5, 0.6) is 0 Å². The highest BCUT2D eigenvalue weighted by Crippen LogP contribution is 2.30. The molecule has 0 spiro atoms. The maximum atomic E-state index is 13.0. The molecule has 1 unspecified atom stereocenters. The Morgan fingerprint density at radius 1 is 1.43 bits per heavy atom. The Balaban J connectivity index is 1.49. The zero-order valence-corrected chi connectivity index (χ0v) is 16.8. The van der Waals surface area contributed by atoms with E-state index >= 15 is 0 Å². The number of nitrogens with one attached hydrogen (secondary N) is 2. The quantitative estimate of drug-likeness (QED) is 0.535. The maximum Gasteiger partial charge on any atom is 0.223 e. The van der Waals surface area contributed by atoms with Gasteiger partial charge in [-0.05, 0) is 18.2 Å². The minimum absolute atomic E-state index is 0.111. The summed E-state index contributed by atoms with van der Waals surface area (Å²) in [6.45, 7) is 1.18. The topological polar surface area (TPSA) is 99.9 Å². The number of nitrogen functional groups attached to an aromatic ring is 1. The zero-order valence-electron chi connectivity index (χ0n) is 15.2. The van der Waals surface area contributed by atoms with Gasteiger partial charge >= 0.3 is 0 Å². The minimum Gasteiger partial charge on any atom is -0.397 e. The van der Waals surface area contributed by atoms with Gasteiger partial charge in [-0.1, -0.05) is 11.6 Å². The van der Waals surface area contributed by atoms with Gasteiger partial charge in [0.25, 0.3) is 0 Å². The summed E-state index contributed by atoms with van der Waals surface area (Å²) in [5.74, 6) is 0.111. The first kappa shape index (κ1) is 18.8. The molecule has 0 saturated carbocycles. The second-order valence-corrected chi connectivity index (χ2v) is 8.07. The van der Waals surface area contributed by atoms with Crippen LogP contribution in [0.25, 0.3) is 0 Å². The first-order valence-electron chi connectivity index (χ1n) is 9.10. The molecule has 7 nitrogen and oxygen atoms in total. The van der Waals surface area contributed by atoms with E-state index in [1.165, 1.54) is 0 Å². The fourth-order valence-electron chi connectivity index (χ4n) is 3.50. The molecule has 3 aromatic rings. The van der Waals surface area contributed by atoms with Gasteiger partial charge in [0.1, 0.15) is 0 Å². The van der Waals surface area contributed by atoms with Crippen LogP contribution in [0.2, 0.25) is 5.02 Å². The molecule has 9 heteroatoms. The molecule has 0 aliphatic carbocycles. The number of anilines is 2. The number of carbonyl (C=O) groups is 1. The molecule has 28 heavy (non-hydrogen) atoms. The molecule has 1 atom stereocenters. The van der Waals surface area contributed by atoms with Gasteiger partial charge < -0.3 is 20.9 Å². The van der Waals surface area contributed by atoms with Crippen LogP contribution >= 0.6 is 22.9 Å². The lowest BCUT2D eigenvalue weighted by molar-refractivity contribution is -0.133. The van der Waals surface area contributed by atoms with Crippen LogP contribution < -0.4 is 11.1 Å². The monoisotopic (exact) mass is 416 g/mol. The van der Waals surface area contributed by atoms with Gasteiger partial charge in [-0.25, -0.2) is 9.97 Å². The van der Waals surface area contributed by atoms with E-state index in [-0.39, 0.29) is 11.9 Å². The first-order valence-corrected chi connectivity index (χ1v) is 10.4. The Morgan fingerprint density at radius 2 is 2.32 bits per heavy atom.